The number of aryl methyl sites for hydroxylation is 1. The zero-order valence-electron chi connectivity index (χ0n) is 11.4. The first-order valence-electron chi connectivity index (χ1n) is 5.93. The van der Waals surface area contributed by atoms with Crippen molar-refractivity contribution in [2.75, 3.05) is 25.0 Å². The van der Waals surface area contributed by atoms with Crippen molar-refractivity contribution in [3.8, 4) is 0 Å². The Morgan fingerprint density at radius 1 is 1.44 bits per heavy atom. The molecule has 0 unspecified atom stereocenters. The predicted octanol–water partition coefficient (Wildman–Crippen LogP) is 2.32. The number of nitrogens with zero attached hydrogens (tertiary/aromatic N) is 2. The Hall–Kier alpha value is -1.62. The van der Waals surface area contributed by atoms with Crippen LogP contribution in [0.1, 0.15) is 19.4 Å². The van der Waals surface area contributed by atoms with Crippen molar-refractivity contribution in [2.45, 2.75) is 20.8 Å². The average Bonchev–Trinajstić information content (AvgIpc) is 2.28. The van der Waals surface area contributed by atoms with E-state index in [1.54, 1.807) is 12.1 Å². The van der Waals surface area contributed by atoms with Gasteiger partial charge in [-0.1, -0.05) is 19.9 Å². The quantitative estimate of drug-likeness (QED) is 0.644. The highest BCUT2D eigenvalue weighted by Gasteiger charge is 2.23. The van der Waals surface area contributed by atoms with E-state index < -0.39 is 0 Å². The molecule has 0 atom stereocenters. The van der Waals surface area contributed by atoms with Crippen LogP contribution in [-0.2, 0) is 0 Å². The van der Waals surface area contributed by atoms with E-state index in [0.717, 1.165) is 5.56 Å². The topological polar surface area (TPSA) is 72.4 Å². The van der Waals surface area contributed by atoms with Gasteiger partial charge in [-0.2, -0.15) is 0 Å². The minimum Gasteiger partial charge on any atom is -0.368 e. The molecule has 0 aliphatic heterocycles. The van der Waals surface area contributed by atoms with Gasteiger partial charge in [0.15, 0.2) is 0 Å². The Morgan fingerprint density at radius 3 is 2.56 bits per heavy atom. The Bertz CT molecular complexity index is 444. The van der Waals surface area contributed by atoms with Crippen molar-refractivity contribution >= 4 is 11.4 Å². The Labute approximate surface area is 108 Å². The number of hydrogen-bond donors (Lipinski definition) is 1. The van der Waals surface area contributed by atoms with Crippen LogP contribution in [0.2, 0.25) is 0 Å². The molecule has 0 heterocycles. The van der Waals surface area contributed by atoms with E-state index in [-0.39, 0.29) is 16.0 Å². The van der Waals surface area contributed by atoms with Gasteiger partial charge in [0.05, 0.1) is 4.92 Å². The fourth-order valence-corrected chi connectivity index (χ4v) is 1.89. The molecule has 1 rings (SSSR count). The van der Waals surface area contributed by atoms with E-state index in [1.165, 1.54) is 0 Å². The maximum Gasteiger partial charge on any atom is 0.292 e. The van der Waals surface area contributed by atoms with E-state index in [1.807, 2.05) is 38.8 Å². The van der Waals surface area contributed by atoms with Crippen LogP contribution in [-0.4, -0.2) is 25.1 Å². The third kappa shape index (κ3) is 3.43. The van der Waals surface area contributed by atoms with Crippen molar-refractivity contribution in [1.82, 2.24) is 0 Å². The largest absolute Gasteiger partial charge is 0.368 e. The molecular weight excluding hydrogens is 230 g/mol. The fourth-order valence-electron chi connectivity index (χ4n) is 1.89. The lowest BCUT2D eigenvalue weighted by Crippen LogP contribution is -2.37. The molecule has 18 heavy (non-hydrogen) atoms. The summed E-state index contributed by atoms with van der Waals surface area (Å²) in [5.41, 5.74) is 7.28. The summed E-state index contributed by atoms with van der Waals surface area (Å²) in [5, 5.41) is 11.1. The Morgan fingerprint density at radius 2 is 2.06 bits per heavy atom. The van der Waals surface area contributed by atoms with E-state index >= 15 is 0 Å². The monoisotopic (exact) mass is 251 g/mol. The normalized spacial score (nSPS) is 11.4. The first-order valence-corrected chi connectivity index (χ1v) is 5.93. The maximum absolute atomic E-state index is 11.1. The second-order valence-corrected chi connectivity index (χ2v) is 5.47. The summed E-state index contributed by atoms with van der Waals surface area (Å²) in [7, 11) is 1.86. The SMILES string of the molecule is Cc1ccc(N(C)CC(C)(C)CN)c([N+](=O)[O-])c1. The van der Waals surface area contributed by atoms with Gasteiger partial charge in [0.1, 0.15) is 5.69 Å². The molecular formula is C13H21N3O2. The van der Waals surface area contributed by atoms with Gasteiger partial charge in [-0.15, -0.1) is 0 Å². The molecule has 0 aromatic heterocycles. The standard InChI is InChI=1S/C13H21N3O2/c1-10-5-6-11(12(7-10)16(17)18)15(4)9-13(2,3)8-14/h5-7H,8-9,14H2,1-4H3. The van der Waals surface area contributed by atoms with E-state index in [2.05, 4.69) is 0 Å². The van der Waals surface area contributed by atoms with Crippen molar-refractivity contribution < 1.29 is 4.92 Å². The molecule has 5 heteroatoms. The van der Waals surface area contributed by atoms with Gasteiger partial charge in [0.2, 0.25) is 0 Å². The molecule has 100 valence electrons. The summed E-state index contributed by atoms with van der Waals surface area (Å²) in [6, 6.07) is 5.27. The lowest BCUT2D eigenvalue weighted by atomic mass is 9.93. The summed E-state index contributed by atoms with van der Waals surface area (Å²) < 4.78 is 0. The van der Waals surface area contributed by atoms with Gasteiger partial charge >= 0.3 is 0 Å². The van der Waals surface area contributed by atoms with Gasteiger partial charge in [-0.3, -0.25) is 10.1 Å². The third-order valence-electron chi connectivity index (χ3n) is 2.96. The minimum atomic E-state index is -0.339. The van der Waals surface area contributed by atoms with E-state index in [4.69, 9.17) is 5.73 Å². The van der Waals surface area contributed by atoms with Crippen LogP contribution in [0.4, 0.5) is 11.4 Å². The smallest absolute Gasteiger partial charge is 0.292 e. The molecule has 0 amide bonds. The highest BCUT2D eigenvalue weighted by Crippen LogP contribution is 2.30. The van der Waals surface area contributed by atoms with Crippen LogP contribution in [0, 0.1) is 22.5 Å². The van der Waals surface area contributed by atoms with Crippen LogP contribution in [0.25, 0.3) is 0 Å². The zero-order chi connectivity index (χ0) is 13.9. The molecule has 1 aromatic carbocycles. The second kappa shape index (κ2) is 5.35. The third-order valence-corrected chi connectivity index (χ3v) is 2.96. The molecule has 0 saturated carbocycles. The average molecular weight is 251 g/mol. The Kier molecular flexibility index (Phi) is 4.29. The molecule has 0 fully saturated rings. The highest BCUT2D eigenvalue weighted by atomic mass is 16.6. The molecule has 0 radical (unpaired) electrons. The number of nitrogens with two attached hydrogens (primary N) is 1. The van der Waals surface area contributed by atoms with Crippen molar-refractivity contribution in [3.05, 3.63) is 33.9 Å². The number of rotatable bonds is 5. The van der Waals surface area contributed by atoms with Gasteiger partial charge in [0, 0.05) is 19.7 Å². The van der Waals surface area contributed by atoms with Gasteiger partial charge in [-0.05, 0) is 30.5 Å². The van der Waals surface area contributed by atoms with Crippen LogP contribution in [0.5, 0.6) is 0 Å². The number of hydrogen-bond acceptors (Lipinski definition) is 4. The van der Waals surface area contributed by atoms with Crippen molar-refractivity contribution in [3.63, 3.8) is 0 Å². The van der Waals surface area contributed by atoms with Crippen LogP contribution in [0.15, 0.2) is 18.2 Å². The van der Waals surface area contributed by atoms with Crippen molar-refractivity contribution in [2.24, 2.45) is 11.1 Å². The van der Waals surface area contributed by atoms with Gasteiger partial charge in [0.25, 0.3) is 5.69 Å². The molecule has 2 N–H and O–H groups in total. The molecule has 0 aliphatic carbocycles. The number of benzene rings is 1. The fraction of sp³-hybridized carbons (Fsp3) is 0.538. The minimum absolute atomic E-state index is 0.0759. The molecule has 0 spiro atoms. The van der Waals surface area contributed by atoms with Gasteiger partial charge in [-0.25, -0.2) is 0 Å². The number of anilines is 1. The molecule has 0 aliphatic rings. The number of nitro benzene ring substituents is 1. The van der Waals surface area contributed by atoms with E-state index in [0.29, 0.717) is 18.8 Å². The molecule has 0 bridgehead atoms. The lowest BCUT2D eigenvalue weighted by molar-refractivity contribution is -0.384. The second-order valence-electron chi connectivity index (χ2n) is 5.47. The first-order chi connectivity index (χ1) is 8.26. The maximum atomic E-state index is 11.1. The summed E-state index contributed by atoms with van der Waals surface area (Å²) in [4.78, 5) is 12.6. The number of nitro groups is 1. The summed E-state index contributed by atoms with van der Waals surface area (Å²) in [6.45, 7) is 7.15. The van der Waals surface area contributed by atoms with Crippen molar-refractivity contribution in [1.29, 1.82) is 0 Å². The van der Waals surface area contributed by atoms with E-state index in [9.17, 15) is 10.1 Å². The molecule has 1 aromatic rings. The molecule has 5 nitrogen and oxygen atoms in total. The zero-order valence-corrected chi connectivity index (χ0v) is 11.4. The highest BCUT2D eigenvalue weighted by molar-refractivity contribution is 5.64. The summed E-state index contributed by atoms with van der Waals surface area (Å²) in [6.07, 6.45) is 0. The first kappa shape index (κ1) is 14.4. The van der Waals surface area contributed by atoms with Gasteiger partial charge < -0.3 is 10.6 Å². The molecule has 0 saturated heterocycles. The predicted molar refractivity (Wildman–Crippen MR) is 73.9 cm³/mol. The Balaban J connectivity index is 3.05. The van der Waals surface area contributed by atoms with Crippen LogP contribution >= 0.6 is 0 Å². The summed E-state index contributed by atoms with van der Waals surface area (Å²) >= 11 is 0. The summed E-state index contributed by atoms with van der Waals surface area (Å²) in [5.74, 6) is 0. The van der Waals surface area contributed by atoms with Crippen LogP contribution in [0.3, 0.4) is 0 Å². The van der Waals surface area contributed by atoms with Crippen LogP contribution < -0.4 is 10.6 Å². The lowest BCUT2D eigenvalue weighted by Gasteiger charge is -2.30.